The largest absolute Gasteiger partial charge is 0.319 e. The number of halogens is 1. The third-order valence-corrected chi connectivity index (χ3v) is 5.95. The third-order valence-electron chi connectivity index (χ3n) is 4.65. The van der Waals surface area contributed by atoms with Crippen LogP contribution in [0, 0.1) is 6.92 Å². The van der Waals surface area contributed by atoms with Crippen LogP contribution in [0.5, 0.6) is 0 Å². The normalized spacial score (nSPS) is 15.1. The minimum Gasteiger partial charge on any atom is -0.319 e. The monoisotopic (exact) mass is 413 g/mol. The Labute approximate surface area is 169 Å². The van der Waals surface area contributed by atoms with E-state index in [1.54, 1.807) is 18.2 Å². The van der Waals surface area contributed by atoms with E-state index in [1.807, 2.05) is 30.7 Å². The molecule has 0 atom stereocenters. The maximum Gasteiger partial charge on any atom is 0.279 e. The highest BCUT2D eigenvalue weighted by atomic mass is 35.5. The van der Waals surface area contributed by atoms with E-state index in [9.17, 15) is 14.4 Å². The van der Waals surface area contributed by atoms with Gasteiger partial charge in [-0.15, -0.1) is 0 Å². The molecule has 1 fully saturated rings. The number of carbonyl (C=O) groups excluding carboxylic acids is 3. The van der Waals surface area contributed by atoms with Gasteiger partial charge in [-0.05, 0) is 42.8 Å². The second-order valence-corrected chi connectivity index (χ2v) is 8.05. The molecular formula is C20H16ClN3O3S. The van der Waals surface area contributed by atoms with Crippen LogP contribution in [0.2, 0.25) is 5.02 Å². The van der Waals surface area contributed by atoms with E-state index in [0.717, 1.165) is 20.7 Å². The molecule has 2 heterocycles. The van der Waals surface area contributed by atoms with Crippen LogP contribution in [0.1, 0.15) is 28.8 Å². The van der Waals surface area contributed by atoms with Crippen molar-refractivity contribution >= 4 is 56.6 Å². The molecule has 3 amide bonds. The van der Waals surface area contributed by atoms with Crippen LogP contribution in [0.15, 0.2) is 41.4 Å². The van der Waals surface area contributed by atoms with Crippen molar-refractivity contribution in [2.45, 2.75) is 19.8 Å². The van der Waals surface area contributed by atoms with Gasteiger partial charge in [-0.1, -0.05) is 29.0 Å². The summed E-state index contributed by atoms with van der Waals surface area (Å²) in [6, 6.07) is 10.2. The zero-order valence-corrected chi connectivity index (χ0v) is 16.8. The number of aromatic nitrogens is 1. The van der Waals surface area contributed by atoms with E-state index < -0.39 is 5.91 Å². The molecule has 142 valence electrons. The quantitative estimate of drug-likeness (QED) is 0.602. The summed E-state index contributed by atoms with van der Waals surface area (Å²) in [5.74, 6) is -0.948. The van der Waals surface area contributed by atoms with Crippen LogP contribution in [0.3, 0.4) is 0 Å². The molecule has 0 spiro atoms. The summed E-state index contributed by atoms with van der Waals surface area (Å²) < 4.78 is 2.81. The lowest BCUT2D eigenvalue weighted by atomic mass is 10.2. The van der Waals surface area contributed by atoms with Crippen LogP contribution < -0.4 is 9.70 Å². The summed E-state index contributed by atoms with van der Waals surface area (Å²) in [6.07, 6.45) is 0.391. The number of benzene rings is 2. The number of carbonyl (C=O) groups is 3. The van der Waals surface area contributed by atoms with Gasteiger partial charge in [0.2, 0.25) is 11.8 Å². The van der Waals surface area contributed by atoms with E-state index in [1.165, 1.54) is 17.4 Å². The van der Waals surface area contributed by atoms with Crippen molar-refractivity contribution in [3.8, 4) is 0 Å². The van der Waals surface area contributed by atoms with Crippen molar-refractivity contribution in [3.05, 3.63) is 57.3 Å². The fourth-order valence-corrected chi connectivity index (χ4v) is 4.84. The number of rotatable bonds is 2. The molecule has 0 saturated carbocycles. The van der Waals surface area contributed by atoms with Crippen molar-refractivity contribution in [2.75, 3.05) is 4.90 Å². The number of hydrogen-bond donors (Lipinski definition) is 0. The fraction of sp³-hybridized carbons (Fsp3) is 0.200. The Hall–Kier alpha value is -2.77. The summed E-state index contributed by atoms with van der Waals surface area (Å²) >= 11 is 7.51. The Morgan fingerprint density at radius 3 is 2.57 bits per heavy atom. The second-order valence-electron chi connectivity index (χ2n) is 6.60. The molecule has 8 heteroatoms. The van der Waals surface area contributed by atoms with E-state index in [0.29, 0.717) is 21.1 Å². The highest BCUT2D eigenvalue weighted by Crippen LogP contribution is 2.26. The average molecular weight is 414 g/mol. The zero-order chi connectivity index (χ0) is 20.0. The SMILES string of the molecule is Cc1cc(Cl)cc2sc(=NC(=O)c3cccc(N4C(=O)CCC4=O)c3)n(C)c12. The first-order valence-electron chi connectivity index (χ1n) is 8.66. The molecule has 0 N–H and O–H groups in total. The van der Waals surface area contributed by atoms with E-state index in [2.05, 4.69) is 4.99 Å². The lowest BCUT2D eigenvalue weighted by molar-refractivity contribution is -0.121. The molecule has 1 aromatic heterocycles. The fourth-order valence-electron chi connectivity index (χ4n) is 3.37. The Balaban J connectivity index is 1.75. The Kier molecular flexibility index (Phi) is 4.64. The summed E-state index contributed by atoms with van der Waals surface area (Å²) in [7, 11) is 1.85. The van der Waals surface area contributed by atoms with Crippen LogP contribution in [-0.4, -0.2) is 22.3 Å². The Morgan fingerprint density at radius 1 is 1.14 bits per heavy atom. The van der Waals surface area contributed by atoms with Gasteiger partial charge < -0.3 is 4.57 Å². The van der Waals surface area contributed by atoms with Gasteiger partial charge in [0.1, 0.15) is 0 Å². The summed E-state index contributed by atoms with van der Waals surface area (Å²) in [5.41, 5.74) is 2.69. The maximum atomic E-state index is 12.7. The number of aryl methyl sites for hydroxylation is 2. The molecule has 3 aromatic rings. The van der Waals surface area contributed by atoms with Gasteiger partial charge in [-0.25, -0.2) is 0 Å². The van der Waals surface area contributed by atoms with Crippen molar-refractivity contribution < 1.29 is 14.4 Å². The summed E-state index contributed by atoms with van der Waals surface area (Å²) in [6.45, 7) is 1.96. The van der Waals surface area contributed by atoms with E-state index in [-0.39, 0.29) is 24.7 Å². The molecule has 1 saturated heterocycles. The molecule has 4 rings (SSSR count). The number of anilines is 1. The molecule has 0 aliphatic carbocycles. The number of nitrogens with zero attached hydrogens (tertiary/aromatic N) is 3. The van der Waals surface area contributed by atoms with Crippen LogP contribution >= 0.6 is 22.9 Å². The van der Waals surface area contributed by atoms with Crippen molar-refractivity contribution in [1.29, 1.82) is 0 Å². The number of thiazole rings is 1. The third kappa shape index (κ3) is 3.16. The number of imide groups is 1. The Morgan fingerprint density at radius 2 is 1.86 bits per heavy atom. The summed E-state index contributed by atoms with van der Waals surface area (Å²) in [4.78, 5) is 42.6. The van der Waals surface area contributed by atoms with Crippen LogP contribution in [0.4, 0.5) is 5.69 Å². The highest BCUT2D eigenvalue weighted by molar-refractivity contribution is 7.16. The standard InChI is InChI=1S/C20H16ClN3O3S/c1-11-8-13(21)10-15-18(11)23(2)20(28-15)22-19(27)12-4-3-5-14(9-12)24-16(25)6-7-17(24)26/h3-5,8-10H,6-7H2,1-2H3. The minimum absolute atomic E-state index is 0.195. The van der Waals surface area contributed by atoms with E-state index in [4.69, 9.17) is 11.6 Å². The number of fused-ring (bicyclic) bond motifs is 1. The molecule has 2 aromatic carbocycles. The molecule has 28 heavy (non-hydrogen) atoms. The lowest BCUT2D eigenvalue weighted by Gasteiger charge is -2.14. The molecule has 0 bridgehead atoms. The van der Waals surface area contributed by atoms with E-state index >= 15 is 0 Å². The first-order chi connectivity index (χ1) is 13.3. The predicted octanol–water partition coefficient (Wildman–Crippen LogP) is 3.60. The molecule has 0 unspecified atom stereocenters. The first-order valence-corrected chi connectivity index (χ1v) is 9.85. The van der Waals surface area contributed by atoms with Gasteiger partial charge >= 0.3 is 0 Å². The molecule has 6 nitrogen and oxygen atoms in total. The van der Waals surface area contributed by atoms with Gasteiger partial charge in [0.05, 0.1) is 15.9 Å². The number of hydrogen-bond acceptors (Lipinski definition) is 4. The van der Waals surface area contributed by atoms with Gasteiger partial charge in [-0.2, -0.15) is 4.99 Å². The molecule has 0 radical (unpaired) electrons. The van der Waals surface area contributed by atoms with Gasteiger partial charge in [0.25, 0.3) is 5.91 Å². The van der Waals surface area contributed by atoms with Crippen molar-refractivity contribution in [1.82, 2.24) is 4.57 Å². The highest BCUT2D eigenvalue weighted by Gasteiger charge is 2.30. The minimum atomic E-state index is -0.438. The average Bonchev–Trinajstić information content (AvgIpc) is 3.14. The smallest absolute Gasteiger partial charge is 0.279 e. The summed E-state index contributed by atoms with van der Waals surface area (Å²) in [5, 5.41) is 0.636. The van der Waals surface area contributed by atoms with Gasteiger partial charge in [-0.3, -0.25) is 19.3 Å². The molecule has 1 aliphatic rings. The van der Waals surface area contributed by atoms with Crippen LogP contribution in [-0.2, 0) is 16.6 Å². The molecular weight excluding hydrogens is 398 g/mol. The molecule has 1 aliphatic heterocycles. The van der Waals surface area contributed by atoms with Gasteiger partial charge in [0.15, 0.2) is 4.80 Å². The lowest BCUT2D eigenvalue weighted by Crippen LogP contribution is -2.28. The second kappa shape index (κ2) is 7.00. The topological polar surface area (TPSA) is 71.7 Å². The van der Waals surface area contributed by atoms with Crippen LogP contribution in [0.25, 0.3) is 10.2 Å². The van der Waals surface area contributed by atoms with Crippen molar-refractivity contribution in [2.24, 2.45) is 12.0 Å². The predicted molar refractivity (Wildman–Crippen MR) is 109 cm³/mol. The Bertz CT molecular complexity index is 1210. The maximum absolute atomic E-state index is 12.7. The number of amides is 3. The van der Waals surface area contributed by atoms with Crippen molar-refractivity contribution in [3.63, 3.8) is 0 Å². The first kappa shape index (κ1) is 18.6. The zero-order valence-electron chi connectivity index (χ0n) is 15.2. The van der Waals surface area contributed by atoms with Gasteiger partial charge in [0, 0.05) is 30.5 Å².